The first kappa shape index (κ1) is 23.6. The summed E-state index contributed by atoms with van der Waals surface area (Å²) in [4.78, 5) is 26.8. The number of nitrogens with one attached hydrogen (secondary N) is 2. The van der Waals surface area contributed by atoms with Gasteiger partial charge in [-0.05, 0) is 66.9 Å². The number of hydrogen-bond donors (Lipinski definition) is 2. The topological polar surface area (TPSA) is 67.4 Å². The van der Waals surface area contributed by atoms with Crippen LogP contribution in [0.15, 0.2) is 82.6 Å². The van der Waals surface area contributed by atoms with E-state index in [-0.39, 0.29) is 17.9 Å². The van der Waals surface area contributed by atoms with Gasteiger partial charge in [-0.2, -0.15) is 0 Å². The van der Waals surface area contributed by atoms with E-state index in [1.165, 1.54) is 11.8 Å². The Balaban J connectivity index is 1.37. The van der Waals surface area contributed by atoms with Crippen LogP contribution in [0.25, 0.3) is 6.08 Å². The number of unbranched alkanes of at least 4 members (excludes halogenated alkanes) is 1. The summed E-state index contributed by atoms with van der Waals surface area (Å²) < 4.78 is 5.70. The molecule has 1 heterocycles. The Morgan fingerprint density at radius 3 is 2.53 bits per heavy atom. The lowest BCUT2D eigenvalue weighted by atomic mass is 10.1. The molecule has 0 fully saturated rings. The number of fused-ring (bicyclic) bond motifs is 1. The monoisotopic (exact) mass is 472 g/mol. The zero-order valence-corrected chi connectivity index (χ0v) is 20.2. The lowest BCUT2D eigenvalue weighted by molar-refractivity contribution is -0.112. The maximum absolute atomic E-state index is 12.7. The van der Waals surface area contributed by atoms with E-state index in [1.54, 1.807) is 12.1 Å². The fourth-order valence-electron chi connectivity index (χ4n) is 3.54. The number of hydrogen-bond acceptors (Lipinski definition) is 4. The molecule has 1 unspecified atom stereocenters. The van der Waals surface area contributed by atoms with Gasteiger partial charge in [-0.3, -0.25) is 9.59 Å². The molecule has 4 rings (SSSR count). The zero-order valence-electron chi connectivity index (χ0n) is 19.3. The summed E-state index contributed by atoms with van der Waals surface area (Å²) in [5, 5.41) is 5.95. The highest BCUT2D eigenvalue weighted by Crippen LogP contribution is 2.38. The van der Waals surface area contributed by atoms with E-state index in [0.29, 0.717) is 17.1 Å². The zero-order chi connectivity index (χ0) is 23.9. The summed E-state index contributed by atoms with van der Waals surface area (Å²) in [6, 6.07) is 22.7. The number of ether oxygens (including phenoxy) is 1. The van der Waals surface area contributed by atoms with Gasteiger partial charge in [0.2, 0.25) is 0 Å². The molecule has 0 radical (unpaired) electrons. The molecule has 34 heavy (non-hydrogen) atoms. The van der Waals surface area contributed by atoms with Crippen LogP contribution in [0.3, 0.4) is 0 Å². The van der Waals surface area contributed by atoms with Gasteiger partial charge in [0.1, 0.15) is 5.75 Å². The van der Waals surface area contributed by atoms with E-state index >= 15 is 0 Å². The molecular weight excluding hydrogens is 444 g/mol. The van der Waals surface area contributed by atoms with E-state index in [9.17, 15) is 9.59 Å². The molecule has 3 aromatic carbocycles. The van der Waals surface area contributed by atoms with Crippen LogP contribution in [0, 0.1) is 0 Å². The molecule has 5 nitrogen and oxygen atoms in total. The van der Waals surface area contributed by atoms with Crippen molar-refractivity contribution in [1.82, 2.24) is 5.32 Å². The molecule has 1 aliphatic heterocycles. The highest BCUT2D eigenvalue weighted by molar-refractivity contribution is 8.04. The fraction of sp³-hybridized carbons (Fsp3) is 0.214. The molecule has 0 spiro atoms. The average molecular weight is 473 g/mol. The van der Waals surface area contributed by atoms with Crippen LogP contribution in [0.1, 0.15) is 54.2 Å². The van der Waals surface area contributed by atoms with Crippen molar-refractivity contribution in [2.75, 3.05) is 11.9 Å². The number of anilines is 1. The number of amides is 2. The smallest absolute Gasteiger partial charge is 0.262 e. The van der Waals surface area contributed by atoms with Gasteiger partial charge >= 0.3 is 0 Å². The summed E-state index contributed by atoms with van der Waals surface area (Å²) >= 11 is 1.44. The Morgan fingerprint density at radius 2 is 1.79 bits per heavy atom. The lowest BCUT2D eigenvalue weighted by Crippen LogP contribution is -2.26. The molecule has 6 heteroatoms. The highest BCUT2D eigenvalue weighted by Gasteiger charge is 2.20. The summed E-state index contributed by atoms with van der Waals surface area (Å²) in [6.45, 7) is 4.81. The van der Waals surface area contributed by atoms with E-state index in [1.807, 2.05) is 73.7 Å². The van der Waals surface area contributed by atoms with Crippen LogP contribution in [-0.4, -0.2) is 18.4 Å². The number of rotatable bonds is 8. The molecule has 2 N–H and O–H groups in total. The predicted molar refractivity (Wildman–Crippen MR) is 138 cm³/mol. The van der Waals surface area contributed by atoms with E-state index in [2.05, 4.69) is 17.6 Å². The van der Waals surface area contributed by atoms with Crippen molar-refractivity contribution in [3.05, 3.63) is 94.4 Å². The first-order valence-corrected chi connectivity index (χ1v) is 12.3. The minimum atomic E-state index is -0.145. The van der Waals surface area contributed by atoms with Crippen molar-refractivity contribution in [3.8, 4) is 5.75 Å². The van der Waals surface area contributed by atoms with Crippen LogP contribution in [0.5, 0.6) is 5.75 Å². The van der Waals surface area contributed by atoms with Crippen LogP contribution in [0.2, 0.25) is 0 Å². The standard InChI is InChI=1S/C28H28N2O3S/c1-3-4-17-33-23-15-13-21(14-16-23)19(2)29-27(31)22-11-9-20(10-12-22)18-26-28(32)30-24-7-5-6-8-25(24)34-26/h5-16,18-19H,3-4,17H2,1-2H3,(H,29,31)(H,30,32). The summed E-state index contributed by atoms with van der Waals surface area (Å²) in [5.41, 5.74) is 3.27. The number of benzene rings is 3. The van der Waals surface area contributed by atoms with E-state index in [4.69, 9.17) is 4.74 Å². The van der Waals surface area contributed by atoms with E-state index < -0.39 is 0 Å². The summed E-state index contributed by atoms with van der Waals surface area (Å²) in [5.74, 6) is 0.573. The second kappa shape index (κ2) is 11.1. The van der Waals surface area contributed by atoms with Gasteiger partial charge in [0.25, 0.3) is 11.8 Å². The van der Waals surface area contributed by atoms with Crippen molar-refractivity contribution < 1.29 is 14.3 Å². The molecule has 1 atom stereocenters. The molecule has 2 amide bonds. The molecule has 174 valence electrons. The third-order valence-corrected chi connectivity index (χ3v) is 6.64. The second-order valence-corrected chi connectivity index (χ2v) is 9.23. The third kappa shape index (κ3) is 5.88. The van der Waals surface area contributed by atoms with Gasteiger partial charge in [-0.25, -0.2) is 0 Å². The maximum atomic E-state index is 12.7. The second-order valence-electron chi connectivity index (χ2n) is 8.15. The van der Waals surface area contributed by atoms with Gasteiger partial charge in [0.05, 0.1) is 23.2 Å². The minimum absolute atomic E-state index is 0.124. The maximum Gasteiger partial charge on any atom is 0.262 e. The summed E-state index contributed by atoms with van der Waals surface area (Å²) in [7, 11) is 0. The Labute approximate surface area is 204 Å². The van der Waals surface area contributed by atoms with E-state index in [0.717, 1.165) is 40.3 Å². The first-order valence-electron chi connectivity index (χ1n) is 11.5. The Hall–Kier alpha value is -3.51. The molecule has 0 bridgehead atoms. The van der Waals surface area contributed by atoms with Crippen LogP contribution in [0.4, 0.5) is 5.69 Å². The predicted octanol–water partition coefficient (Wildman–Crippen LogP) is 6.44. The van der Waals surface area contributed by atoms with Crippen LogP contribution in [-0.2, 0) is 4.79 Å². The third-order valence-electron chi connectivity index (χ3n) is 5.54. The minimum Gasteiger partial charge on any atom is -0.494 e. The molecular formula is C28H28N2O3S. The Morgan fingerprint density at radius 1 is 1.06 bits per heavy atom. The van der Waals surface area contributed by atoms with Crippen molar-refractivity contribution in [1.29, 1.82) is 0 Å². The van der Waals surface area contributed by atoms with Gasteiger partial charge in [0, 0.05) is 10.5 Å². The van der Waals surface area contributed by atoms with Crippen LogP contribution >= 0.6 is 11.8 Å². The van der Waals surface area contributed by atoms with Crippen molar-refractivity contribution in [3.63, 3.8) is 0 Å². The number of carbonyl (C=O) groups excluding carboxylic acids is 2. The first-order chi connectivity index (χ1) is 16.5. The lowest BCUT2D eigenvalue weighted by Gasteiger charge is -2.18. The normalized spacial score (nSPS) is 14.8. The van der Waals surface area contributed by atoms with Crippen molar-refractivity contribution in [2.24, 2.45) is 0 Å². The SMILES string of the molecule is CCCCOc1ccc(C(C)NC(=O)c2ccc(C=C3Sc4ccccc4NC3=O)cc2)cc1. The quantitative estimate of drug-likeness (QED) is 0.292. The number of para-hydroxylation sites is 1. The molecule has 0 aliphatic carbocycles. The highest BCUT2D eigenvalue weighted by atomic mass is 32.2. The molecule has 3 aromatic rings. The molecule has 0 saturated carbocycles. The van der Waals surface area contributed by atoms with Gasteiger partial charge in [-0.15, -0.1) is 0 Å². The van der Waals surface area contributed by atoms with Gasteiger partial charge < -0.3 is 15.4 Å². The fourth-order valence-corrected chi connectivity index (χ4v) is 4.49. The van der Waals surface area contributed by atoms with Gasteiger partial charge in [-0.1, -0.05) is 61.5 Å². The largest absolute Gasteiger partial charge is 0.494 e. The Kier molecular flexibility index (Phi) is 7.70. The molecule has 0 aromatic heterocycles. The number of carbonyl (C=O) groups is 2. The van der Waals surface area contributed by atoms with Crippen molar-refractivity contribution in [2.45, 2.75) is 37.6 Å². The average Bonchev–Trinajstić information content (AvgIpc) is 2.85. The van der Waals surface area contributed by atoms with Gasteiger partial charge in [0.15, 0.2) is 0 Å². The van der Waals surface area contributed by atoms with Crippen molar-refractivity contribution >= 4 is 35.3 Å². The van der Waals surface area contributed by atoms with Crippen LogP contribution < -0.4 is 15.4 Å². The molecule has 0 saturated heterocycles. The summed E-state index contributed by atoms with van der Waals surface area (Å²) in [6.07, 6.45) is 3.97. The molecule has 1 aliphatic rings. The number of thioether (sulfide) groups is 1. The Bertz CT molecular complexity index is 1190.